The number of esters is 1. The molecule has 0 spiro atoms. The van der Waals surface area contributed by atoms with Gasteiger partial charge < -0.3 is 18.8 Å². The molecule has 0 saturated carbocycles. The Labute approximate surface area is 163 Å². The summed E-state index contributed by atoms with van der Waals surface area (Å²) in [7, 11) is 3.91. The van der Waals surface area contributed by atoms with Crippen molar-refractivity contribution in [3.63, 3.8) is 0 Å². The van der Waals surface area contributed by atoms with E-state index in [1.165, 1.54) is 39.5 Å². The molecular formula is C16H17N4O7S-. The van der Waals surface area contributed by atoms with Gasteiger partial charge in [0, 0.05) is 0 Å². The monoisotopic (exact) mass is 409 g/mol. The van der Waals surface area contributed by atoms with E-state index in [-0.39, 0.29) is 28.8 Å². The number of ether oxygens (including phenoxy) is 3. The molecule has 0 bridgehead atoms. The van der Waals surface area contributed by atoms with E-state index in [9.17, 15) is 18.4 Å². The first-order valence-corrected chi connectivity index (χ1v) is 8.74. The SMILES string of the molecule is COC(=O)c1ccccc1CN(C(=O)Nc1nc(OC)cc(OC)n1)S(=O)[O-]. The molecule has 0 radical (unpaired) electrons. The minimum Gasteiger partial charge on any atom is -0.755 e. The van der Waals surface area contributed by atoms with Crippen LogP contribution in [0.1, 0.15) is 15.9 Å². The highest BCUT2D eigenvalue weighted by atomic mass is 32.2. The summed E-state index contributed by atoms with van der Waals surface area (Å²) in [5.74, 6) is -0.674. The summed E-state index contributed by atoms with van der Waals surface area (Å²) in [4.78, 5) is 32.1. The lowest BCUT2D eigenvalue weighted by atomic mass is 10.1. The first-order chi connectivity index (χ1) is 13.4. The summed E-state index contributed by atoms with van der Waals surface area (Å²) in [6.07, 6.45) is 0. The third-order valence-corrected chi connectivity index (χ3v) is 4.11. The van der Waals surface area contributed by atoms with Crippen LogP contribution in [0.25, 0.3) is 0 Å². The summed E-state index contributed by atoms with van der Waals surface area (Å²) in [5, 5.41) is 2.25. The van der Waals surface area contributed by atoms with Gasteiger partial charge in [-0.1, -0.05) is 18.2 Å². The van der Waals surface area contributed by atoms with Crippen LogP contribution in [0.5, 0.6) is 11.8 Å². The summed E-state index contributed by atoms with van der Waals surface area (Å²) >= 11 is -2.94. The van der Waals surface area contributed by atoms with Gasteiger partial charge in [-0.2, -0.15) is 9.97 Å². The number of rotatable bonds is 7. The van der Waals surface area contributed by atoms with E-state index in [2.05, 4.69) is 20.0 Å². The van der Waals surface area contributed by atoms with Crippen molar-refractivity contribution < 1.29 is 32.6 Å². The summed E-state index contributed by atoms with van der Waals surface area (Å²) in [5.41, 5.74) is 0.408. The number of benzene rings is 1. The highest BCUT2D eigenvalue weighted by Crippen LogP contribution is 2.19. The maximum Gasteiger partial charge on any atom is 0.338 e. The molecule has 0 aliphatic heterocycles. The molecule has 1 heterocycles. The van der Waals surface area contributed by atoms with E-state index in [1.807, 2.05) is 0 Å². The number of carbonyl (C=O) groups excluding carboxylic acids is 2. The topological polar surface area (TPSA) is 143 Å². The zero-order valence-electron chi connectivity index (χ0n) is 15.2. The lowest BCUT2D eigenvalue weighted by Gasteiger charge is -2.25. The smallest absolute Gasteiger partial charge is 0.338 e. The molecule has 0 aliphatic carbocycles. The van der Waals surface area contributed by atoms with E-state index < -0.39 is 29.8 Å². The molecule has 2 amide bonds. The summed E-state index contributed by atoms with van der Waals surface area (Å²) in [6.45, 7) is -0.408. The predicted octanol–water partition coefficient (Wildman–Crippen LogP) is 1.11. The van der Waals surface area contributed by atoms with Gasteiger partial charge in [-0.3, -0.25) is 9.53 Å². The van der Waals surface area contributed by atoms with Crippen LogP contribution in [0, 0.1) is 0 Å². The molecule has 0 fully saturated rings. The van der Waals surface area contributed by atoms with Crippen LogP contribution >= 0.6 is 0 Å². The molecule has 2 rings (SSSR count). The highest BCUT2D eigenvalue weighted by Gasteiger charge is 2.20. The van der Waals surface area contributed by atoms with Gasteiger partial charge in [0.25, 0.3) is 0 Å². The van der Waals surface area contributed by atoms with Gasteiger partial charge in [0.2, 0.25) is 17.7 Å². The highest BCUT2D eigenvalue weighted by molar-refractivity contribution is 7.77. The Morgan fingerprint density at radius 3 is 2.29 bits per heavy atom. The van der Waals surface area contributed by atoms with Gasteiger partial charge in [0.1, 0.15) is 0 Å². The van der Waals surface area contributed by atoms with Crippen molar-refractivity contribution in [1.29, 1.82) is 0 Å². The van der Waals surface area contributed by atoms with Crippen molar-refractivity contribution in [3.8, 4) is 11.8 Å². The first-order valence-electron chi connectivity index (χ1n) is 7.70. The van der Waals surface area contributed by atoms with Crippen molar-refractivity contribution in [1.82, 2.24) is 14.3 Å². The van der Waals surface area contributed by atoms with E-state index in [0.29, 0.717) is 4.31 Å². The van der Waals surface area contributed by atoms with Crippen LogP contribution in [0.2, 0.25) is 0 Å². The number of hydrogen-bond donors (Lipinski definition) is 1. The van der Waals surface area contributed by atoms with E-state index in [0.717, 1.165) is 0 Å². The Morgan fingerprint density at radius 1 is 1.14 bits per heavy atom. The fourth-order valence-electron chi connectivity index (χ4n) is 2.14. The Bertz CT molecular complexity index is 871. The molecule has 1 unspecified atom stereocenters. The predicted molar refractivity (Wildman–Crippen MR) is 96.4 cm³/mol. The number of nitrogens with zero attached hydrogens (tertiary/aromatic N) is 3. The molecule has 11 nitrogen and oxygen atoms in total. The maximum atomic E-state index is 12.5. The standard InChI is InChI=1S/C16H18N4O7S/c1-25-12-8-13(26-2)18-15(17-12)19-16(22)20(28(23)24)9-10-6-4-5-7-11(10)14(21)27-3/h4-8H,9H2,1-3H3,(H,23,24)(H,17,18,19,22)/p-1. The van der Waals surface area contributed by atoms with Crippen LogP contribution in [-0.4, -0.2) is 56.4 Å². The van der Waals surface area contributed by atoms with E-state index >= 15 is 0 Å². The van der Waals surface area contributed by atoms with Gasteiger partial charge in [-0.25, -0.2) is 13.9 Å². The normalized spacial score (nSPS) is 11.3. The van der Waals surface area contributed by atoms with Crippen LogP contribution in [0.4, 0.5) is 10.7 Å². The van der Waals surface area contributed by atoms with Crippen molar-refractivity contribution in [2.24, 2.45) is 0 Å². The molecule has 1 aromatic heterocycles. The van der Waals surface area contributed by atoms with E-state index in [1.54, 1.807) is 12.1 Å². The van der Waals surface area contributed by atoms with Gasteiger partial charge in [0.15, 0.2) is 0 Å². The van der Waals surface area contributed by atoms with Crippen molar-refractivity contribution in [2.75, 3.05) is 26.6 Å². The van der Waals surface area contributed by atoms with Crippen LogP contribution in [-0.2, 0) is 22.5 Å². The number of aromatic nitrogens is 2. The lowest BCUT2D eigenvalue weighted by Crippen LogP contribution is -2.36. The van der Waals surface area contributed by atoms with Crippen molar-refractivity contribution in [2.45, 2.75) is 6.54 Å². The minimum absolute atomic E-state index is 0.105. The van der Waals surface area contributed by atoms with Gasteiger partial charge in [-0.05, 0) is 11.6 Å². The van der Waals surface area contributed by atoms with Crippen LogP contribution < -0.4 is 14.8 Å². The number of carbonyl (C=O) groups is 2. The van der Waals surface area contributed by atoms with Gasteiger partial charge >= 0.3 is 12.0 Å². The fourth-order valence-corrected chi connectivity index (χ4v) is 2.57. The second-order valence-corrected chi connectivity index (χ2v) is 5.98. The minimum atomic E-state index is -2.94. The second kappa shape index (κ2) is 9.62. The molecule has 2 aromatic rings. The summed E-state index contributed by atoms with van der Waals surface area (Å²) < 4.78 is 38.3. The number of urea groups is 1. The third-order valence-electron chi connectivity index (χ3n) is 3.46. The number of anilines is 1. The third kappa shape index (κ3) is 5.14. The van der Waals surface area contributed by atoms with Crippen molar-refractivity contribution >= 4 is 29.2 Å². The summed E-state index contributed by atoms with van der Waals surface area (Å²) in [6, 6.07) is 6.49. The molecule has 1 N–H and O–H groups in total. The number of nitrogens with one attached hydrogen (secondary N) is 1. The Morgan fingerprint density at radius 2 is 1.75 bits per heavy atom. The molecule has 12 heteroatoms. The zero-order chi connectivity index (χ0) is 20.7. The molecule has 150 valence electrons. The largest absolute Gasteiger partial charge is 0.755 e. The Kier molecular flexibility index (Phi) is 7.23. The molecule has 1 atom stereocenters. The molecule has 1 aromatic carbocycles. The first kappa shape index (κ1) is 21.1. The zero-order valence-corrected chi connectivity index (χ0v) is 16.0. The second-order valence-electron chi connectivity index (χ2n) is 5.11. The Balaban J connectivity index is 2.27. The quantitative estimate of drug-likeness (QED) is 0.525. The number of hydrogen-bond acceptors (Lipinski definition) is 9. The van der Waals surface area contributed by atoms with E-state index in [4.69, 9.17) is 9.47 Å². The fraction of sp³-hybridized carbons (Fsp3) is 0.250. The van der Waals surface area contributed by atoms with Crippen LogP contribution in [0.15, 0.2) is 30.3 Å². The number of amides is 2. The molecule has 0 aliphatic rings. The molecule has 28 heavy (non-hydrogen) atoms. The average Bonchev–Trinajstić information content (AvgIpc) is 2.70. The van der Waals surface area contributed by atoms with Gasteiger partial charge in [-0.15, -0.1) is 0 Å². The lowest BCUT2D eigenvalue weighted by molar-refractivity contribution is 0.0598. The average molecular weight is 409 g/mol. The maximum absolute atomic E-state index is 12.5. The molecule has 0 saturated heterocycles. The molecular weight excluding hydrogens is 392 g/mol. The number of methoxy groups -OCH3 is 3. The van der Waals surface area contributed by atoms with Crippen LogP contribution in [0.3, 0.4) is 0 Å². The van der Waals surface area contributed by atoms with Gasteiger partial charge in [0.05, 0.1) is 50.8 Å². The van der Waals surface area contributed by atoms with Crippen molar-refractivity contribution in [3.05, 3.63) is 41.5 Å². The Hall–Kier alpha value is -3.25.